The van der Waals surface area contributed by atoms with Crippen LogP contribution in [0, 0.1) is 11.8 Å². The minimum atomic E-state index is -0.809. The Hall–Kier alpha value is -1.59. The van der Waals surface area contributed by atoms with Crippen LogP contribution < -0.4 is 5.32 Å². The molecule has 1 saturated heterocycles. The average Bonchev–Trinajstić information content (AvgIpc) is 2.45. The maximum Gasteiger partial charge on any atom is 0.303 e. The summed E-state index contributed by atoms with van der Waals surface area (Å²) in [6.07, 6.45) is 3.03. The Morgan fingerprint density at radius 2 is 2.00 bits per heavy atom. The number of hydrogen-bond donors (Lipinski definition) is 2. The van der Waals surface area contributed by atoms with E-state index in [2.05, 4.69) is 5.32 Å². The van der Waals surface area contributed by atoms with E-state index in [0.29, 0.717) is 25.9 Å². The van der Waals surface area contributed by atoms with Gasteiger partial charge >= 0.3 is 5.97 Å². The van der Waals surface area contributed by atoms with Crippen LogP contribution in [0.5, 0.6) is 0 Å². The Labute approximate surface area is 125 Å². The number of carboxylic acids is 1. The zero-order valence-corrected chi connectivity index (χ0v) is 12.9. The molecule has 120 valence electrons. The second kappa shape index (κ2) is 8.64. The van der Waals surface area contributed by atoms with Crippen LogP contribution in [0.3, 0.4) is 0 Å². The van der Waals surface area contributed by atoms with Crippen molar-refractivity contribution < 1.29 is 19.5 Å². The highest BCUT2D eigenvalue weighted by Crippen LogP contribution is 2.18. The fraction of sp³-hybridized carbons (Fsp3) is 0.800. The van der Waals surface area contributed by atoms with E-state index >= 15 is 0 Å². The number of likely N-dealkylation sites (tertiary alicyclic amines) is 1. The van der Waals surface area contributed by atoms with E-state index in [0.717, 1.165) is 19.4 Å². The molecule has 21 heavy (non-hydrogen) atoms. The van der Waals surface area contributed by atoms with Crippen molar-refractivity contribution >= 4 is 17.8 Å². The molecule has 0 spiro atoms. The van der Waals surface area contributed by atoms with Crippen molar-refractivity contribution in [2.24, 2.45) is 11.8 Å². The third-order valence-electron chi connectivity index (χ3n) is 3.71. The molecule has 1 unspecified atom stereocenters. The van der Waals surface area contributed by atoms with Crippen LogP contribution in [0.4, 0.5) is 0 Å². The number of rotatable bonds is 7. The first kappa shape index (κ1) is 17.5. The number of amides is 2. The number of carbonyl (C=O) groups is 3. The SMILES string of the molecule is CC(C)C(=O)N1CCCC(C(=O)NCCCCC(=O)O)C1. The van der Waals surface area contributed by atoms with E-state index in [1.165, 1.54) is 0 Å². The Kier molecular flexibility index (Phi) is 7.19. The molecule has 0 aromatic carbocycles. The first-order chi connectivity index (χ1) is 9.91. The largest absolute Gasteiger partial charge is 0.481 e. The van der Waals surface area contributed by atoms with Gasteiger partial charge in [0.05, 0.1) is 5.92 Å². The van der Waals surface area contributed by atoms with Crippen molar-refractivity contribution in [2.75, 3.05) is 19.6 Å². The van der Waals surface area contributed by atoms with Gasteiger partial charge in [0.15, 0.2) is 0 Å². The minimum Gasteiger partial charge on any atom is -0.481 e. The molecule has 0 radical (unpaired) electrons. The molecule has 1 heterocycles. The first-order valence-electron chi connectivity index (χ1n) is 7.70. The van der Waals surface area contributed by atoms with Crippen molar-refractivity contribution in [1.29, 1.82) is 0 Å². The predicted molar refractivity (Wildman–Crippen MR) is 78.6 cm³/mol. The quantitative estimate of drug-likeness (QED) is 0.693. The third-order valence-corrected chi connectivity index (χ3v) is 3.71. The number of carbonyl (C=O) groups excluding carboxylic acids is 2. The summed E-state index contributed by atoms with van der Waals surface area (Å²) in [5.74, 6) is -0.902. The van der Waals surface area contributed by atoms with Crippen molar-refractivity contribution in [3.8, 4) is 0 Å². The summed E-state index contributed by atoms with van der Waals surface area (Å²) in [6.45, 7) is 5.47. The third kappa shape index (κ3) is 6.14. The number of unbranched alkanes of at least 4 members (excludes halogenated alkanes) is 1. The summed E-state index contributed by atoms with van der Waals surface area (Å²) >= 11 is 0. The van der Waals surface area contributed by atoms with Crippen molar-refractivity contribution in [1.82, 2.24) is 10.2 Å². The summed E-state index contributed by atoms with van der Waals surface area (Å²) in [5.41, 5.74) is 0. The molecular weight excluding hydrogens is 272 g/mol. The molecule has 0 bridgehead atoms. The van der Waals surface area contributed by atoms with E-state index in [9.17, 15) is 14.4 Å². The van der Waals surface area contributed by atoms with E-state index in [-0.39, 0.29) is 30.1 Å². The summed E-state index contributed by atoms with van der Waals surface area (Å²) < 4.78 is 0. The lowest BCUT2D eigenvalue weighted by molar-refractivity contribution is -0.138. The molecule has 1 fully saturated rings. The molecule has 1 aliphatic heterocycles. The van der Waals surface area contributed by atoms with Gasteiger partial charge < -0.3 is 15.3 Å². The summed E-state index contributed by atoms with van der Waals surface area (Å²) in [6, 6.07) is 0. The lowest BCUT2D eigenvalue weighted by atomic mass is 9.96. The molecule has 0 aromatic rings. The fourth-order valence-corrected chi connectivity index (χ4v) is 2.51. The molecule has 0 saturated carbocycles. The second-order valence-corrected chi connectivity index (χ2v) is 5.92. The highest BCUT2D eigenvalue weighted by Gasteiger charge is 2.28. The monoisotopic (exact) mass is 298 g/mol. The lowest BCUT2D eigenvalue weighted by Gasteiger charge is -2.33. The van der Waals surface area contributed by atoms with Crippen LogP contribution >= 0.6 is 0 Å². The van der Waals surface area contributed by atoms with Crippen molar-refractivity contribution in [2.45, 2.75) is 46.0 Å². The molecule has 6 nitrogen and oxygen atoms in total. The van der Waals surface area contributed by atoms with Crippen LogP contribution in [-0.4, -0.2) is 47.4 Å². The van der Waals surface area contributed by atoms with Gasteiger partial charge in [0.25, 0.3) is 0 Å². The van der Waals surface area contributed by atoms with Crippen molar-refractivity contribution in [3.05, 3.63) is 0 Å². The van der Waals surface area contributed by atoms with Crippen LogP contribution in [0.25, 0.3) is 0 Å². The van der Waals surface area contributed by atoms with Gasteiger partial charge in [0.1, 0.15) is 0 Å². The highest BCUT2D eigenvalue weighted by molar-refractivity contribution is 5.82. The number of carboxylic acid groups (broad SMARTS) is 1. The molecular formula is C15H26N2O4. The zero-order chi connectivity index (χ0) is 15.8. The maximum atomic E-state index is 12.1. The van der Waals surface area contributed by atoms with Crippen LogP contribution in [0.15, 0.2) is 0 Å². The predicted octanol–water partition coefficient (Wildman–Crippen LogP) is 1.25. The second-order valence-electron chi connectivity index (χ2n) is 5.92. The molecule has 0 aliphatic carbocycles. The van der Waals surface area contributed by atoms with Gasteiger partial charge in [-0.25, -0.2) is 0 Å². The Balaban J connectivity index is 2.30. The molecule has 1 aliphatic rings. The number of aliphatic carboxylic acids is 1. The van der Waals surface area contributed by atoms with E-state index < -0.39 is 5.97 Å². The maximum absolute atomic E-state index is 12.1. The standard InChI is InChI=1S/C15H26N2O4/c1-11(2)15(21)17-9-5-6-12(10-17)14(20)16-8-4-3-7-13(18)19/h11-12H,3-10H2,1-2H3,(H,16,20)(H,18,19). The van der Waals surface area contributed by atoms with E-state index in [1.54, 1.807) is 4.90 Å². The summed E-state index contributed by atoms with van der Waals surface area (Å²) in [4.78, 5) is 36.2. The zero-order valence-electron chi connectivity index (χ0n) is 12.9. The van der Waals surface area contributed by atoms with Gasteiger partial charge in [0.2, 0.25) is 11.8 Å². The van der Waals surface area contributed by atoms with Crippen LogP contribution in [0.2, 0.25) is 0 Å². The van der Waals surface area contributed by atoms with Crippen LogP contribution in [0.1, 0.15) is 46.0 Å². The number of nitrogens with one attached hydrogen (secondary N) is 1. The summed E-state index contributed by atoms with van der Waals surface area (Å²) in [7, 11) is 0. The highest BCUT2D eigenvalue weighted by atomic mass is 16.4. The van der Waals surface area contributed by atoms with Gasteiger partial charge in [0, 0.05) is 32.0 Å². The number of hydrogen-bond acceptors (Lipinski definition) is 3. The normalized spacial score (nSPS) is 18.6. The van der Waals surface area contributed by atoms with Gasteiger partial charge in [-0.1, -0.05) is 13.8 Å². The number of piperidine rings is 1. The van der Waals surface area contributed by atoms with E-state index in [4.69, 9.17) is 5.11 Å². The molecule has 2 N–H and O–H groups in total. The Bertz CT molecular complexity index is 382. The molecule has 6 heteroatoms. The molecule has 1 rings (SSSR count). The fourth-order valence-electron chi connectivity index (χ4n) is 2.51. The van der Waals surface area contributed by atoms with E-state index in [1.807, 2.05) is 13.8 Å². The number of nitrogens with zero attached hydrogens (tertiary/aromatic N) is 1. The molecule has 1 atom stereocenters. The van der Waals surface area contributed by atoms with Crippen LogP contribution in [-0.2, 0) is 14.4 Å². The van der Waals surface area contributed by atoms with Gasteiger partial charge in [-0.15, -0.1) is 0 Å². The lowest BCUT2D eigenvalue weighted by Crippen LogP contribution is -2.46. The van der Waals surface area contributed by atoms with Crippen molar-refractivity contribution in [3.63, 3.8) is 0 Å². The molecule has 2 amide bonds. The topological polar surface area (TPSA) is 86.7 Å². The average molecular weight is 298 g/mol. The minimum absolute atomic E-state index is 0.0217. The Morgan fingerprint density at radius 3 is 2.62 bits per heavy atom. The smallest absolute Gasteiger partial charge is 0.303 e. The van der Waals surface area contributed by atoms with Gasteiger partial charge in [-0.05, 0) is 25.7 Å². The first-order valence-corrected chi connectivity index (χ1v) is 7.70. The van der Waals surface area contributed by atoms with Gasteiger partial charge in [-0.3, -0.25) is 14.4 Å². The van der Waals surface area contributed by atoms with Gasteiger partial charge in [-0.2, -0.15) is 0 Å². The Morgan fingerprint density at radius 1 is 1.29 bits per heavy atom. The summed E-state index contributed by atoms with van der Waals surface area (Å²) in [5, 5.41) is 11.4. The molecule has 0 aromatic heterocycles.